The zero-order chi connectivity index (χ0) is 13.9. The summed E-state index contributed by atoms with van der Waals surface area (Å²) in [5.41, 5.74) is 1.17. The number of aliphatic hydroxyl groups is 1. The summed E-state index contributed by atoms with van der Waals surface area (Å²) >= 11 is 8.94. The lowest BCUT2D eigenvalue weighted by Crippen LogP contribution is -2.15. The normalized spacial score (nSPS) is 14.0. The molecule has 2 atom stereocenters. The predicted octanol–water partition coefficient (Wildman–Crippen LogP) is 2.51. The highest BCUT2D eigenvalue weighted by atomic mass is 79.9. The Bertz CT molecular complexity index is 473. The summed E-state index contributed by atoms with van der Waals surface area (Å²) < 4.78 is 0. The second kappa shape index (κ2) is 6.31. The van der Waals surface area contributed by atoms with Gasteiger partial charge < -0.3 is 10.2 Å². The maximum atomic E-state index is 11.8. The van der Waals surface area contributed by atoms with Crippen LogP contribution in [0.1, 0.15) is 34.5 Å². The zero-order valence-electron chi connectivity index (χ0n) is 9.56. The molecule has 4 nitrogen and oxygen atoms in total. The summed E-state index contributed by atoms with van der Waals surface area (Å²) in [5, 5.41) is 18.0. The van der Waals surface area contributed by atoms with Gasteiger partial charge in [0, 0.05) is 10.9 Å². The van der Waals surface area contributed by atoms with Crippen molar-refractivity contribution in [2.75, 3.05) is 0 Å². The lowest BCUT2D eigenvalue weighted by molar-refractivity contribution is -0.146. The Morgan fingerprint density at radius 3 is 2.44 bits per heavy atom. The molecule has 98 valence electrons. The summed E-state index contributed by atoms with van der Waals surface area (Å²) in [6, 6.07) is 4.50. The molecule has 1 rings (SSSR count). The molecule has 0 amide bonds. The molecule has 0 saturated carbocycles. The number of rotatable bonds is 5. The van der Waals surface area contributed by atoms with Crippen molar-refractivity contribution in [2.24, 2.45) is 0 Å². The maximum absolute atomic E-state index is 11.8. The van der Waals surface area contributed by atoms with Gasteiger partial charge in [-0.2, -0.15) is 0 Å². The first-order valence-electron chi connectivity index (χ1n) is 5.15. The second-order valence-electron chi connectivity index (χ2n) is 3.82. The minimum Gasteiger partial charge on any atom is -0.479 e. The number of carbonyl (C=O) groups is 2. The van der Waals surface area contributed by atoms with Gasteiger partial charge in [0.05, 0.1) is 5.38 Å². The van der Waals surface area contributed by atoms with Gasteiger partial charge in [-0.3, -0.25) is 4.79 Å². The number of carboxylic acid groups (broad SMARTS) is 1. The summed E-state index contributed by atoms with van der Waals surface area (Å²) in [6.45, 7) is 1.54. The van der Waals surface area contributed by atoms with Crippen LogP contribution in [0.25, 0.3) is 0 Å². The highest BCUT2D eigenvalue weighted by molar-refractivity contribution is 9.08. The largest absolute Gasteiger partial charge is 0.479 e. The first kappa shape index (κ1) is 15.1. The van der Waals surface area contributed by atoms with Gasteiger partial charge in [-0.15, -0.1) is 11.6 Å². The third-order valence-electron chi connectivity index (χ3n) is 2.36. The van der Waals surface area contributed by atoms with E-state index in [0.29, 0.717) is 16.5 Å². The monoisotopic (exact) mass is 334 g/mol. The minimum atomic E-state index is -1.65. The number of hydrogen-bond acceptors (Lipinski definition) is 3. The zero-order valence-corrected chi connectivity index (χ0v) is 11.9. The maximum Gasteiger partial charge on any atom is 0.337 e. The average Bonchev–Trinajstić information content (AvgIpc) is 2.35. The first-order chi connectivity index (χ1) is 8.36. The van der Waals surface area contributed by atoms with Gasteiger partial charge in [-0.05, 0) is 30.2 Å². The van der Waals surface area contributed by atoms with E-state index in [-0.39, 0.29) is 11.3 Å². The van der Waals surface area contributed by atoms with Crippen LogP contribution in [-0.4, -0.2) is 27.3 Å². The Morgan fingerprint density at radius 1 is 1.39 bits per heavy atom. The van der Waals surface area contributed by atoms with Crippen molar-refractivity contribution in [2.45, 2.75) is 23.7 Å². The van der Waals surface area contributed by atoms with Crippen molar-refractivity contribution in [3.8, 4) is 0 Å². The Kier molecular flexibility index (Phi) is 5.31. The van der Waals surface area contributed by atoms with Gasteiger partial charge in [0.2, 0.25) is 0 Å². The van der Waals surface area contributed by atoms with Crippen LogP contribution in [0.5, 0.6) is 0 Å². The number of Topliss-reactive ketones (excluding diaryl/α,β-unsaturated/α-hetero) is 1. The van der Waals surface area contributed by atoms with E-state index >= 15 is 0 Å². The number of ketones is 1. The molecule has 0 aliphatic carbocycles. The van der Waals surface area contributed by atoms with E-state index in [4.69, 9.17) is 16.7 Å². The average molecular weight is 336 g/mol. The molecule has 1 aromatic carbocycles. The molecule has 0 heterocycles. The van der Waals surface area contributed by atoms with E-state index in [1.807, 2.05) is 0 Å². The fourth-order valence-electron chi connectivity index (χ4n) is 1.47. The number of benzene rings is 1. The molecule has 2 unspecified atom stereocenters. The summed E-state index contributed by atoms with van der Waals surface area (Å²) in [4.78, 5) is 22.5. The Balaban J connectivity index is 3.25. The van der Waals surface area contributed by atoms with E-state index < -0.39 is 17.5 Å². The van der Waals surface area contributed by atoms with Gasteiger partial charge >= 0.3 is 5.97 Å². The number of aliphatic hydroxyl groups excluding tert-OH is 1. The van der Waals surface area contributed by atoms with E-state index in [1.54, 1.807) is 6.07 Å². The third-order valence-corrected chi connectivity index (χ3v) is 3.21. The summed E-state index contributed by atoms with van der Waals surface area (Å²) in [7, 11) is 0. The second-order valence-corrected chi connectivity index (χ2v) is 5.03. The number of alkyl halides is 2. The molecule has 0 radical (unpaired) electrons. The van der Waals surface area contributed by atoms with Crippen molar-refractivity contribution in [1.82, 2.24) is 0 Å². The van der Waals surface area contributed by atoms with Gasteiger partial charge in [0.1, 0.15) is 0 Å². The number of halogens is 2. The van der Waals surface area contributed by atoms with Crippen molar-refractivity contribution in [3.63, 3.8) is 0 Å². The van der Waals surface area contributed by atoms with Crippen molar-refractivity contribution >= 4 is 39.3 Å². The molecular weight excluding hydrogens is 323 g/mol. The summed E-state index contributed by atoms with van der Waals surface area (Å²) in [5.74, 6) is -1.67. The van der Waals surface area contributed by atoms with Crippen LogP contribution in [0.2, 0.25) is 0 Å². The van der Waals surface area contributed by atoms with Gasteiger partial charge in [0.15, 0.2) is 11.9 Å². The SMILES string of the molecule is CC(Cl)C(=O)c1cc(CBr)cc(C(O)C(=O)O)c1. The van der Waals surface area contributed by atoms with Crippen LogP contribution in [0.15, 0.2) is 18.2 Å². The van der Waals surface area contributed by atoms with Gasteiger partial charge in [0.25, 0.3) is 0 Å². The number of aliphatic carboxylic acids is 1. The Hall–Kier alpha value is -0.910. The molecular formula is C12H12BrClO4. The van der Waals surface area contributed by atoms with E-state index in [9.17, 15) is 14.7 Å². The number of carbonyl (C=O) groups excluding carboxylic acids is 1. The minimum absolute atomic E-state index is 0.167. The van der Waals surface area contributed by atoms with E-state index in [0.717, 1.165) is 0 Å². The Labute approximate surface area is 118 Å². The third kappa shape index (κ3) is 3.54. The number of carboxylic acids is 1. The molecule has 0 saturated heterocycles. The fraction of sp³-hybridized carbons (Fsp3) is 0.333. The topological polar surface area (TPSA) is 74.6 Å². The highest BCUT2D eigenvalue weighted by Gasteiger charge is 2.20. The fourth-order valence-corrected chi connectivity index (χ4v) is 1.92. The van der Waals surface area contributed by atoms with Crippen LogP contribution in [0, 0.1) is 0 Å². The lowest BCUT2D eigenvalue weighted by atomic mass is 9.99. The Morgan fingerprint density at radius 2 is 2.00 bits per heavy atom. The van der Waals surface area contributed by atoms with Crippen LogP contribution >= 0.6 is 27.5 Å². The van der Waals surface area contributed by atoms with Crippen molar-refractivity contribution in [1.29, 1.82) is 0 Å². The van der Waals surface area contributed by atoms with Crippen LogP contribution in [0.4, 0.5) is 0 Å². The van der Waals surface area contributed by atoms with Gasteiger partial charge in [-0.25, -0.2) is 4.79 Å². The predicted molar refractivity (Wildman–Crippen MR) is 71.3 cm³/mol. The van der Waals surface area contributed by atoms with E-state index in [2.05, 4.69) is 15.9 Å². The van der Waals surface area contributed by atoms with Crippen molar-refractivity contribution in [3.05, 3.63) is 34.9 Å². The molecule has 2 N–H and O–H groups in total. The molecule has 0 fully saturated rings. The molecule has 0 spiro atoms. The van der Waals surface area contributed by atoms with Crippen molar-refractivity contribution < 1.29 is 19.8 Å². The summed E-state index contributed by atoms with van der Waals surface area (Å²) in [6.07, 6.45) is -1.65. The molecule has 1 aromatic rings. The molecule has 18 heavy (non-hydrogen) atoms. The number of hydrogen-bond donors (Lipinski definition) is 2. The van der Waals surface area contributed by atoms with E-state index in [1.165, 1.54) is 19.1 Å². The van der Waals surface area contributed by atoms with Gasteiger partial charge in [-0.1, -0.05) is 22.0 Å². The highest BCUT2D eigenvalue weighted by Crippen LogP contribution is 2.21. The molecule has 0 aromatic heterocycles. The van der Waals surface area contributed by atoms with Crippen LogP contribution < -0.4 is 0 Å². The molecule has 0 bridgehead atoms. The lowest BCUT2D eigenvalue weighted by Gasteiger charge is -2.11. The molecule has 0 aliphatic rings. The first-order valence-corrected chi connectivity index (χ1v) is 6.71. The standard InChI is InChI=1S/C12H12BrClO4/c1-6(14)10(15)8-2-7(5-13)3-9(4-8)11(16)12(17)18/h2-4,6,11,16H,5H2,1H3,(H,17,18). The quantitative estimate of drug-likeness (QED) is 0.640. The van der Waals surface area contributed by atoms with Crippen LogP contribution in [0.3, 0.4) is 0 Å². The molecule has 0 aliphatic heterocycles. The smallest absolute Gasteiger partial charge is 0.337 e. The molecule has 6 heteroatoms. The van der Waals surface area contributed by atoms with Crippen LogP contribution in [-0.2, 0) is 10.1 Å².